The van der Waals surface area contributed by atoms with E-state index >= 15 is 0 Å². The van der Waals surface area contributed by atoms with Crippen molar-refractivity contribution in [1.29, 1.82) is 0 Å². The largest absolute Gasteiger partial charge is 0.360 e. The SMILES string of the molecule is Cc1cc(N2CCCCC2)nc(N2CCN(C(=O)c3cc(C4CC4)on3)CC2)n1. The Bertz CT molecular complexity index is 879. The van der Waals surface area contributed by atoms with Crippen LogP contribution in [0.2, 0.25) is 0 Å². The van der Waals surface area contributed by atoms with Crippen molar-refractivity contribution >= 4 is 17.7 Å². The molecule has 3 fully saturated rings. The summed E-state index contributed by atoms with van der Waals surface area (Å²) in [5.41, 5.74) is 1.42. The third-order valence-corrected chi connectivity index (χ3v) is 6.09. The van der Waals surface area contributed by atoms with E-state index in [9.17, 15) is 4.79 Å². The first-order valence-corrected chi connectivity index (χ1v) is 10.8. The van der Waals surface area contributed by atoms with Crippen molar-refractivity contribution in [3.8, 4) is 0 Å². The van der Waals surface area contributed by atoms with E-state index in [0.717, 1.165) is 62.2 Å². The van der Waals surface area contributed by atoms with Crippen LogP contribution in [0.3, 0.4) is 0 Å². The lowest BCUT2D eigenvalue weighted by molar-refractivity contribution is 0.0735. The standard InChI is InChI=1S/C21H28N6O2/c1-15-13-19(25-7-3-2-4-8-25)23-21(22-15)27-11-9-26(10-12-27)20(28)17-14-18(29-24-17)16-5-6-16/h13-14,16H,2-12H2,1H3. The zero-order valence-electron chi connectivity index (χ0n) is 17.0. The van der Waals surface area contributed by atoms with Crippen molar-refractivity contribution < 1.29 is 9.32 Å². The number of aryl methyl sites for hydroxylation is 1. The van der Waals surface area contributed by atoms with Gasteiger partial charge in [0.15, 0.2) is 5.69 Å². The van der Waals surface area contributed by atoms with Gasteiger partial charge < -0.3 is 19.2 Å². The maximum atomic E-state index is 12.8. The lowest BCUT2D eigenvalue weighted by Gasteiger charge is -2.35. The van der Waals surface area contributed by atoms with Gasteiger partial charge in [-0.25, -0.2) is 4.98 Å². The van der Waals surface area contributed by atoms with Crippen molar-refractivity contribution in [3.05, 3.63) is 29.3 Å². The van der Waals surface area contributed by atoms with Crippen LogP contribution in [0.15, 0.2) is 16.7 Å². The number of hydrogen-bond donors (Lipinski definition) is 0. The molecule has 0 radical (unpaired) electrons. The highest BCUT2D eigenvalue weighted by atomic mass is 16.5. The third kappa shape index (κ3) is 3.93. The van der Waals surface area contributed by atoms with Crippen molar-refractivity contribution in [2.75, 3.05) is 49.1 Å². The molecule has 2 aromatic rings. The Hall–Kier alpha value is -2.64. The first kappa shape index (κ1) is 18.4. The summed E-state index contributed by atoms with van der Waals surface area (Å²) >= 11 is 0. The van der Waals surface area contributed by atoms with Gasteiger partial charge in [0.2, 0.25) is 5.95 Å². The number of aromatic nitrogens is 3. The summed E-state index contributed by atoms with van der Waals surface area (Å²) in [5, 5.41) is 3.99. The maximum Gasteiger partial charge on any atom is 0.276 e. The summed E-state index contributed by atoms with van der Waals surface area (Å²) in [6, 6.07) is 3.90. The predicted molar refractivity (Wildman–Crippen MR) is 109 cm³/mol. The quantitative estimate of drug-likeness (QED) is 0.786. The lowest BCUT2D eigenvalue weighted by Crippen LogP contribution is -2.49. The van der Waals surface area contributed by atoms with Gasteiger partial charge in [-0.3, -0.25) is 4.79 Å². The number of hydrogen-bond acceptors (Lipinski definition) is 7. The molecule has 2 aromatic heterocycles. The number of piperazine rings is 1. The molecule has 4 heterocycles. The lowest BCUT2D eigenvalue weighted by atomic mass is 10.1. The maximum absolute atomic E-state index is 12.8. The van der Waals surface area contributed by atoms with E-state index in [1.807, 2.05) is 17.9 Å². The topological polar surface area (TPSA) is 78.6 Å². The van der Waals surface area contributed by atoms with E-state index in [0.29, 0.717) is 24.7 Å². The Balaban J connectivity index is 1.24. The van der Waals surface area contributed by atoms with E-state index in [-0.39, 0.29) is 5.91 Å². The first-order chi connectivity index (χ1) is 14.2. The van der Waals surface area contributed by atoms with Crippen LogP contribution in [-0.2, 0) is 0 Å². The second kappa shape index (κ2) is 7.65. The molecular weight excluding hydrogens is 368 g/mol. The fourth-order valence-electron chi connectivity index (χ4n) is 4.18. The Morgan fingerprint density at radius 1 is 0.966 bits per heavy atom. The molecule has 154 valence electrons. The normalized spacial score (nSPS) is 20.2. The fraction of sp³-hybridized carbons (Fsp3) is 0.619. The Labute approximate surface area is 170 Å². The highest BCUT2D eigenvalue weighted by Crippen LogP contribution is 2.40. The summed E-state index contributed by atoms with van der Waals surface area (Å²) < 4.78 is 5.34. The van der Waals surface area contributed by atoms with E-state index < -0.39 is 0 Å². The molecule has 0 aromatic carbocycles. The van der Waals surface area contributed by atoms with Crippen LogP contribution in [0, 0.1) is 6.92 Å². The number of carbonyl (C=O) groups excluding carboxylic acids is 1. The Kier molecular flexibility index (Phi) is 4.85. The Morgan fingerprint density at radius 3 is 2.45 bits per heavy atom. The summed E-state index contributed by atoms with van der Waals surface area (Å²) in [6.45, 7) is 6.89. The molecule has 0 atom stereocenters. The van der Waals surface area contributed by atoms with Crippen LogP contribution in [0.5, 0.6) is 0 Å². The van der Waals surface area contributed by atoms with Gasteiger partial charge in [0.05, 0.1) is 0 Å². The van der Waals surface area contributed by atoms with Crippen LogP contribution in [-0.4, -0.2) is 65.2 Å². The van der Waals surface area contributed by atoms with Crippen molar-refractivity contribution in [2.45, 2.75) is 44.9 Å². The minimum atomic E-state index is -0.0422. The zero-order chi connectivity index (χ0) is 19.8. The average Bonchev–Trinajstić information content (AvgIpc) is 3.50. The van der Waals surface area contributed by atoms with Crippen LogP contribution in [0.1, 0.15) is 60.0 Å². The summed E-state index contributed by atoms with van der Waals surface area (Å²) in [7, 11) is 0. The molecule has 29 heavy (non-hydrogen) atoms. The Morgan fingerprint density at radius 2 is 1.72 bits per heavy atom. The fourth-order valence-corrected chi connectivity index (χ4v) is 4.18. The van der Waals surface area contributed by atoms with Gasteiger partial charge in [0, 0.05) is 63.0 Å². The number of nitrogens with zero attached hydrogens (tertiary/aromatic N) is 6. The molecule has 1 saturated carbocycles. The number of carbonyl (C=O) groups is 1. The highest BCUT2D eigenvalue weighted by Gasteiger charge is 2.31. The average molecular weight is 396 g/mol. The zero-order valence-corrected chi connectivity index (χ0v) is 17.0. The molecule has 2 saturated heterocycles. The molecule has 1 aliphatic carbocycles. The van der Waals surface area contributed by atoms with Crippen molar-refractivity contribution in [1.82, 2.24) is 20.0 Å². The van der Waals surface area contributed by atoms with E-state index in [1.54, 1.807) is 0 Å². The second-order valence-electron chi connectivity index (χ2n) is 8.38. The molecule has 8 nitrogen and oxygen atoms in total. The van der Waals surface area contributed by atoms with Gasteiger partial charge in [-0.15, -0.1) is 0 Å². The van der Waals surface area contributed by atoms with Gasteiger partial charge in [-0.2, -0.15) is 4.98 Å². The molecule has 5 rings (SSSR count). The van der Waals surface area contributed by atoms with Gasteiger partial charge in [0.1, 0.15) is 11.6 Å². The van der Waals surface area contributed by atoms with Gasteiger partial charge in [-0.1, -0.05) is 5.16 Å². The molecule has 2 aliphatic heterocycles. The molecule has 0 N–H and O–H groups in total. The van der Waals surface area contributed by atoms with E-state index in [4.69, 9.17) is 9.51 Å². The van der Waals surface area contributed by atoms with Crippen LogP contribution >= 0.6 is 0 Å². The predicted octanol–water partition coefficient (Wildman–Crippen LogP) is 2.60. The van der Waals surface area contributed by atoms with Crippen LogP contribution < -0.4 is 9.80 Å². The number of rotatable bonds is 4. The molecule has 1 amide bonds. The van der Waals surface area contributed by atoms with Gasteiger partial charge in [0.25, 0.3) is 5.91 Å². The molecule has 3 aliphatic rings. The number of amides is 1. The van der Waals surface area contributed by atoms with Crippen LogP contribution in [0.25, 0.3) is 0 Å². The molecule has 8 heteroatoms. The molecule has 0 spiro atoms. The van der Waals surface area contributed by atoms with Gasteiger partial charge >= 0.3 is 0 Å². The molecule has 0 bridgehead atoms. The van der Waals surface area contributed by atoms with Crippen molar-refractivity contribution in [3.63, 3.8) is 0 Å². The second-order valence-corrected chi connectivity index (χ2v) is 8.38. The summed E-state index contributed by atoms with van der Waals surface area (Å²) in [4.78, 5) is 28.7. The smallest absolute Gasteiger partial charge is 0.276 e. The molecule has 0 unspecified atom stereocenters. The molecular formula is C21H28N6O2. The number of anilines is 2. The van der Waals surface area contributed by atoms with Crippen molar-refractivity contribution in [2.24, 2.45) is 0 Å². The minimum Gasteiger partial charge on any atom is -0.360 e. The summed E-state index contributed by atoms with van der Waals surface area (Å²) in [5.74, 6) is 3.08. The van der Waals surface area contributed by atoms with Crippen LogP contribution in [0.4, 0.5) is 11.8 Å². The third-order valence-electron chi connectivity index (χ3n) is 6.09. The first-order valence-electron chi connectivity index (χ1n) is 10.8. The summed E-state index contributed by atoms with van der Waals surface area (Å²) in [6.07, 6.45) is 6.03. The van der Waals surface area contributed by atoms with E-state index in [2.05, 4.69) is 26.0 Å². The van der Waals surface area contributed by atoms with E-state index in [1.165, 1.54) is 19.3 Å². The monoisotopic (exact) mass is 396 g/mol. The number of piperidine rings is 1. The minimum absolute atomic E-state index is 0.0422. The van der Waals surface area contributed by atoms with Gasteiger partial charge in [-0.05, 0) is 39.0 Å². The highest BCUT2D eigenvalue weighted by molar-refractivity contribution is 5.92.